The molecule has 0 spiro atoms. The number of nitrogens with zero attached hydrogens (tertiary/aromatic N) is 1. The number of aromatic nitrogens is 2. The molecule has 9 heteroatoms. The van der Waals surface area contributed by atoms with E-state index in [0.717, 1.165) is 6.04 Å². The van der Waals surface area contributed by atoms with Crippen molar-refractivity contribution >= 4 is 8.07 Å². The second-order valence-electron chi connectivity index (χ2n) is 5.62. The van der Waals surface area contributed by atoms with Crippen molar-refractivity contribution in [2.75, 3.05) is 6.61 Å². The maximum Gasteiger partial charge on any atom is 0.423 e. The van der Waals surface area contributed by atoms with Gasteiger partial charge in [0.1, 0.15) is 12.3 Å². The predicted octanol–water partition coefficient (Wildman–Crippen LogP) is 1.87. The molecular weight excluding hydrogens is 293 g/mol. The molecule has 5 nitrogen and oxygen atoms in total. The van der Waals surface area contributed by atoms with Crippen molar-refractivity contribution in [2.24, 2.45) is 0 Å². The number of ether oxygens (including phenoxy) is 1. The van der Waals surface area contributed by atoms with Crippen molar-refractivity contribution in [1.29, 1.82) is 0 Å². The van der Waals surface area contributed by atoms with Crippen LogP contribution in [0.1, 0.15) is 5.56 Å². The van der Waals surface area contributed by atoms with Crippen LogP contribution >= 0.6 is 0 Å². The first kappa shape index (κ1) is 16.7. The van der Waals surface area contributed by atoms with Crippen molar-refractivity contribution in [3.05, 3.63) is 32.6 Å². The Kier molecular flexibility index (Phi) is 4.98. The van der Waals surface area contributed by atoms with Gasteiger partial charge in [-0.15, -0.1) is 0 Å². The number of H-pyrrole nitrogens is 1. The summed E-state index contributed by atoms with van der Waals surface area (Å²) >= 11 is 0. The van der Waals surface area contributed by atoms with Crippen LogP contribution in [0.5, 0.6) is 0 Å². The normalized spacial score (nSPS) is 12.7. The van der Waals surface area contributed by atoms with Gasteiger partial charge in [-0.3, -0.25) is 14.3 Å². The summed E-state index contributed by atoms with van der Waals surface area (Å²) in [7, 11) is -1.31. The van der Waals surface area contributed by atoms with Crippen molar-refractivity contribution < 1.29 is 17.9 Å². The highest BCUT2D eigenvalue weighted by Crippen LogP contribution is 2.25. The monoisotopic (exact) mass is 310 g/mol. The van der Waals surface area contributed by atoms with E-state index in [1.165, 1.54) is 0 Å². The Morgan fingerprint density at radius 3 is 2.40 bits per heavy atom. The molecule has 0 radical (unpaired) electrons. The van der Waals surface area contributed by atoms with Crippen molar-refractivity contribution in [1.82, 2.24) is 9.55 Å². The molecule has 0 bridgehead atoms. The molecule has 0 atom stereocenters. The Bertz CT molecular complexity index is 572. The molecule has 0 aliphatic carbocycles. The van der Waals surface area contributed by atoms with Gasteiger partial charge in [-0.25, -0.2) is 4.79 Å². The second-order valence-corrected chi connectivity index (χ2v) is 11.2. The van der Waals surface area contributed by atoms with Crippen LogP contribution in [-0.2, 0) is 17.6 Å². The molecule has 1 rings (SSSR count). The number of rotatable bonds is 5. The molecule has 0 aromatic carbocycles. The minimum absolute atomic E-state index is 0.316. The van der Waals surface area contributed by atoms with Crippen LogP contribution in [0.15, 0.2) is 15.8 Å². The average molecular weight is 310 g/mol. The SMILES string of the molecule is C[Si](C)(C)CCOCn1cc(C(F)(F)F)c(=O)[nH]c1=O. The average Bonchev–Trinajstić information content (AvgIpc) is 2.23. The molecule has 20 heavy (non-hydrogen) atoms. The molecule has 1 N–H and O–H groups in total. The summed E-state index contributed by atoms with van der Waals surface area (Å²) in [6, 6.07) is 0.831. The van der Waals surface area contributed by atoms with Crippen LogP contribution in [0.3, 0.4) is 0 Å². The van der Waals surface area contributed by atoms with Gasteiger partial charge in [0.15, 0.2) is 0 Å². The molecule has 0 aliphatic heterocycles. The summed E-state index contributed by atoms with van der Waals surface area (Å²) in [6.07, 6.45) is -4.32. The van der Waals surface area contributed by atoms with Gasteiger partial charge in [-0.1, -0.05) is 19.6 Å². The summed E-state index contributed by atoms with van der Waals surface area (Å²) in [5.74, 6) is 0. The van der Waals surface area contributed by atoms with Crippen LogP contribution in [0.25, 0.3) is 0 Å². The van der Waals surface area contributed by atoms with Crippen LogP contribution in [0.4, 0.5) is 13.2 Å². The van der Waals surface area contributed by atoms with E-state index < -0.39 is 31.1 Å². The molecule has 0 saturated heterocycles. The Hall–Kier alpha value is -1.35. The van der Waals surface area contributed by atoms with E-state index in [1.807, 2.05) is 0 Å². The van der Waals surface area contributed by atoms with Gasteiger partial charge in [0.2, 0.25) is 0 Å². The van der Waals surface area contributed by atoms with Gasteiger partial charge >= 0.3 is 11.9 Å². The molecule has 0 saturated carbocycles. The van der Waals surface area contributed by atoms with Crippen LogP contribution in [-0.4, -0.2) is 24.2 Å². The third-order valence-electron chi connectivity index (χ3n) is 2.54. The summed E-state index contributed by atoms with van der Waals surface area (Å²) < 4.78 is 43.5. The lowest BCUT2D eigenvalue weighted by Crippen LogP contribution is -2.35. The Morgan fingerprint density at radius 1 is 1.30 bits per heavy atom. The van der Waals surface area contributed by atoms with Crippen molar-refractivity contribution in [3.8, 4) is 0 Å². The number of nitrogens with one attached hydrogen (secondary N) is 1. The van der Waals surface area contributed by atoms with E-state index in [2.05, 4.69) is 19.6 Å². The Balaban J connectivity index is 2.81. The lowest BCUT2D eigenvalue weighted by atomic mass is 10.3. The largest absolute Gasteiger partial charge is 0.423 e. The molecule has 0 fully saturated rings. The number of alkyl halides is 3. The number of aromatic amines is 1. The second kappa shape index (κ2) is 5.96. The van der Waals surface area contributed by atoms with Gasteiger partial charge in [0.05, 0.1) is 0 Å². The smallest absolute Gasteiger partial charge is 0.361 e. The van der Waals surface area contributed by atoms with E-state index in [9.17, 15) is 22.8 Å². The summed E-state index contributed by atoms with van der Waals surface area (Å²) in [4.78, 5) is 24.1. The quantitative estimate of drug-likeness (QED) is 0.667. The first-order valence-corrected chi connectivity index (χ1v) is 9.70. The Morgan fingerprint density at radius 2 is 1.90 bits per heavy atom. The minimum Gasteiger partial charge on any atom is -0.361 e. The highest BCUT2D eigenvalue weighted by atomic mass is 28.3. The zero-order valence-electron chi connectivity index (χ0n) is 11.5. The van der Waals surface area contributed by atoms with Gasteiger partial charge in [-0.2, -0.15) is 13.2 Å². The zero-order chi connectivity index (χ0) is 15.6. The highest BCUT2D eigenvalue weighted by molar-refractivity contribution is 6.76. The molecule has 1 heterocycles. The van der Waals surface area contributed by atoms with E-state index in [0.29, 0.717) is 17.4 Å². The highest BCUT2D eigenvalue weighted by Gasteiger charge is 2.34. The van der Waals surface area contributed by atoms with Gasteiger partial charge in [-0.05, 0) is 6.04 Å². The van der Waals surface area contributed by atoms with Crippen molar-refractivity contribution in [3.63, 3.8) is 0 Å². The predicted molar refractivity (Wildman–Crippen MR) is 70.4 cm³/mol. The maximum atomic E-state index is 12.5. The molecule has 0 unspecified atom stereocenters. The topological polar surface area (TPSA) is 64.1 Å². The third kappa shape index (κ3) is 4.97. The fourth-order valence-electron chi connectivity index (χ4n) is 1.35. The van der Waals surface area contributed by atoms with E-state index in [1.54, 1.807) is 4.98 Å². The molecular formula is C11H17F3N2O3Si. The zero-order valence-corrected chi connectivity index (χ0v) is 12.5. The van der Waals surface area contributed by atoms with E-state index in [4.69, 9.17) is 4.74 Å². The molecule has 114 valence electrons. The van der Waals surface area contributed by atoms with Crippen molar-refractivity contribution in [2.45, 2.75) is 38.6 Å². The lowest BCUT2D eigenvalue weighted by molar-refractivity contribution is -0.139. The molecule has 0 aliphatic rings. The summed E-state index contributed by atoms with van der Waals surface area (Å²) in [5.41, 5.74) is -3.78. The van der Waals surface area contributed by atoms with Crippen LogP contribution in [0, 0.1) is 0 Å². The lowest BCUT2D eigenvalue weighted by Gasteiger charge is -2.16. The first-order chi connectivity index (χ1) is 9.00. The fourth-order valence-corrected chi connectivity index (χ4v) is 2.11. The first-order valence-electron chi connectivity index (χ1n) is 5.99. The van der Waals surface area contributed by atoms with Crippen LogP contribution in [0.2, 0.25) is 25.7 Å². The molecule has 1 aromatic rings. The molecule has 1 aromatic heterocycles. The summed E-state index contributed by atoms with van der Waals surface area (Å²) in [6.45, 7) is 6.44. The van der Waals surface area contributed by atoms with E-state index >= 15 is 0 Å². The third-order valence-corrected chi connectivity index (χ3v) is 4.25. The van der Waals surface area contributed by atoms with Gasteiger partial charge < -0.3 is 4.74 Å². The van der Waals surface area contributed by atoms with E-state index in [-0.39, 0.29) is 6.73 Å². The van der Waals surface area contributed by atoms with Gasteiger partial charge in [0, 0.05) is 20.9 Å². The fraction of sp³-hybridized carbons (Fsp3) is 0.636. The number of hydrogen-bond acceptors (Lipinski definition) is 3. The summed E-state index contributed by atoms with van der Waals surface area (Å²) in [5, 5.41) is 0. The minimum atomic E-state index is -4.80. The molecule has 0 amide bonds. The maximum absolute atomic E-state index is 12.5. The van der Waals surface area contributed by atoms with Crippen LogP contribution < -0.4 is 11.2 Å². The van der Waals surface area contributed by atoms with Gasteiger partial charge in [0.25, 0.3) is 5.56 Å². The number of hydrogen-bond donors (Lipinski definition) is 1. The standard InChI is InChI=1S/C11H17F3N2O3Si/c1-20(2,3)5-4-19-7-16-6-8(11(12,13)14)9(17)15-10(16)18/h6H,4-5,7H2,1-3H3,(H,15,17,18). The number of halogens is 3. The Labute approximate surface area is 114 Å².